The Morgan fingerprint density at radius 3 is 2.45 bits per heavy atom. The first-order valence-electron chi connectivity index (χ1n) is 10.2. The summed E-state index contributed by atoms with van der Waals surface area (Å²) >= 11 is 0. The zero-order valence-electron chi connectivity index (χ0n) is 16.4. The van der Waals surface area contributed by atoms with E-state index < -0.39 is 0 Å². The van der Waals surface area contributed by atoms with E-state index in [-0.39, 0.29) is 17.6 Å². The third kappa shape index (κ3) is 4.62. The van der Waals surface area contributed by atoms with E-state index in [9.17, 15) is 9.59 Å². The van der Waals surface area contributed by atoms with Crippen LogP contribution in [-0.2, 0) is 11.3 Å². The Labute approximate surface area is 171 Å². The highest BCUT2D eigenvalue weighted by molar-refractivity contribution is 5.98. The molecule has 5 heteroatoms. The van der Waals surface area contributed by atoms with Crippen LogP contribution in [0.1, 0.15) is 29.6 Å². The number of aryl methyl sites for hydroxylation is 1. The average molecular weight is 387 g/mol. The van der Waals surface area contributed by atoms with Crippen LogP contribution in [0.25, 0.3) is 11.1 Å². The molecule has 3 aromatic rings. The molecule has 5 nitrogen and oxygen atoms in total. The summed E-state index contributed by atoms with van der Waals surface area (Å²) in [4.78, 5) is 27.4. The molecular formula is C24H25N3O2. The molecule has 4 rings (SSSR count). The van der Waals surface area contributed by atoms with Gasteiger partial charge in [0.05, 0.1) is 0 Å². The lowest BCUT2D eigenvalue weighted by molar-refractivity contribution is -0.132. The monoisotopic (exact) mass is 387 g/mol. The molecule has 0 spiro atoms. The molecule has 0 unspecified atom stereocenters. The quantitative estimate of drug-likeness (QED) is 0.599. The molecule has 0 saturated carbocycles. The molecule has 1 aromatic heterocycles. The lowest BCUT2D eigenvalue weighted by atomic mass is 9.89. The third-order valence-corrected chi connectivity index (χ3v) is 5.54. The Morgan fingerprint density at radius 1 is 0.966 bits per heavy atom. The zero-order valence-corrected chi connectivity index (χ0v) is 16.4. The van der Waals surface area contributed by atoms with Crippen LogP contribution in [0.5, 0.6) is 0 Å². The van der Waals surface area contributed by atoms with Crippen LogP contribution in [0.3, 0.4) is 0 Å². The summed E-state index contributed by atoms with van der Waals surface area (Å²) in [5.41, 5.74) is 2.96. The number of benzene rings is 2. The molecule has 1 fully saturated rings. The summed E-state index contributed by atoms with van der Waals surface area (Å²) in [6, 6.07) is 19.8. The summed E-state index contributed by atoms with van der Waals surface area (Å²) in [6.07, 6.45) is 5.68. The molecule has 0 bridgehead atoms. The number of rotatable bonds is 6. The van der Waals surface area contributed by atoms with Gasteiger partial charge in [0.15, 0.2) is 5.78 Å². The Balaban J connectivity index is 1.37. The van der Waals surface area contributed by atoms with Gasteiger partial charge in [-0.25, -0.2) is 0 Å². The lowest BCUT2D eigenvalue weighted by Crippen LogP contribution is -2.42. The predicted octanol–water partition coefficient (Wildman–Crippen LogP) is 4.06. The topological polar surface area (TPSA) is 55.2 Å². The minimum absolute atomic E-state index is 0.0948. The maximum atomic E-state index is 13.0. The predicted molar refractivity (Wildman–Crippen MR) is 112 cm³/mol. The maximum Gasteiger partial charge on any atom is 0.224 e. The van der Waals surface area contributed by atoms with E-state index >= 15 is 0 Å². The molecule has 1 aliphatic rings. The minimum Gasteiger partial charge on any atom is -0.342 e. The zero-order chi connectivity index (χ0) is 20.1. The van der Waals surface area contributed by atoms with Gasteiger partial charge in [-0.3, -0.25) is 14.3 Å². The van der Waals surface area contributed by atoms with E-state index in [2.05, 4.69) is 17.2 Å². The van der Waals surface area contributed by atoms with Crippen molar-refractivity contribution in [2.24, 2.45) is 5.92 Å². The van der Waals surface area contributed by atoms with Crippen molar-refractivity contribution in [1.29, 1.82) is 0 Å². The Kier molecular flexibility index (Phi) is 5.84. The van der Waals surface area contributed by atoms with Crippen LogP contribution in [-0.4, -0.2) is 39.5 Å². The second-order valence-corrected chi connectivity index (χ2v) is 7.51. The van der Waals surface area contributed by atoms with E-state index in [1.165, 1.54) is 0 Å². The van der Waals surface area contributed by atoms with Crippen LogP contribution in [0.15, 0.2) is 73.1 Å². The van der Waals surface area contributed by atoms with Gasteiger partial charge in [0.25, 0.3) is 0 Å². The molecular weight excluding hydrogens is 362 g/mol. The first kappa shape index (κ1) is 19.1. The molecule has 0 radical (unpaired) electrons. The Bertz CT molecular complexity index is 950. The second-order valence-electron chi connectivity index (χ2n) is 7.51. The Hall–Kier alpha value is -3.21. The largest absolute Gasteiger partial charge is 0.342 e. The van der Waals surface area contributed by atoms with Gasteiger partial charge in [0.2, 0.25) is 5.91 Å². The SMILES string of the molecule is O=C(c1ccc(-c2ccccc2)cc1)[C@H]1CCCN(C(=O)CCn2cccn2)C1. The van der Waals surface area contributed by atoms with Crippen molar-refractivity contribution in [3.63, 3.8) is 0 Å². The van der Waals surface area contributed by atoms with Gasteiger partial charge in [0.1, 0.15) is 0 Å². The maximum absolute atomic E-state index is 13.0. The number of nitrogens with zero attached hydrogens (tertiary/aromatic N) is 3. The number of piperidine rings is 1. The highest BCUT2D eigenvalue weighted by Crippen LogP contribution is 2.24. The number of aromatic nitrogens is 2. The van der Waals surface area contributed by atoms with Gasteiger partial charge in [-0.1, -0.05) is 54.6 Å². The number of Topliss-reactive ketones (excluding diaryl/α,β-unsaturated/α-hetero) is 1. The van der Waals surface area contributed by atoms with Crippen LogP contribution in [0.2, 0.25) is 0 Å². The number of ketones is 1. The van der Waals surface area contributed by atoms with E-state index in [0.717, 1.165) is 36.1 Å². The van der Waals surface area contributed by atoms with E-state index in [0.29, 0.717) is 19.5 Å². The number of hydrogen-bond acceptors (Lipinski definition) is 3. The van der Waals surface area contributed by atoms with E-state index in [4.69, 9.17) is 0 Å². The first-order valence-corrected chi connectivity index (χ1v) is 10.2. The highest BCUT2D eigenvalue weighted by Gasteiger charge is 2.28. The van der Waals surface area contributed by atoms with Gasteiger partial charge in [-0.05, 0) is 30.0 Å². The lowest BCUT2D eigenvalue weighted by Gasteiger charge is -2.32. The van der Waals surface area contributed by atoms with Crippen LogP contribution in [0.4, 0.5) is 0 Å². The van der Waals surface area contributed by atoms with Crippen molar-refractivity contribution in [3.05, 3.63) is 78.6 Å². The van der Waals surface area contributed by atoms with Crippen LogP contribution < -0.4 is 0 Å². The number of hydrogen-bond donors (Lipinski definition) is 0. The molecule has 2 aromatic carbocycles. The molecule has 1 atom stereocenters. The fourth-order valence-corrected chi connectivity index (χ4v) is 3.91. The fraction of sp³-hybridized carbons (Fsp3) is 0.292. The molecule has 1 saturated heterocycles. The highest BCUT2D eigenvalue weighted by atomic mass is 16.2. The average Bonchev–Trinajstić information content (AvgIpc) is 3.31. The van der Waals surface area contributed by atoms with Crippen LogP contribution in [0, 0.1) is 5.92 Å². The number of amides is 1. The normalized spacial score (nSPS) is 16.6. The van der Waals surface area contributed by atoms with E-state index in [1.807, 2.05) is 59.6 Å². The Morgan fingerprint density at radius 2 is 1.72 bits per heavy atom. The van der Waals surface area contributed by atoms with Gasteiger partial charge >= 0.3 is 0 Å². The van der Waals surface area contributed by atoms with Gasteiger partial charge < -0.3 is 4.90 Å². The van der Waals surface area contributed by atoms with E-state index in [1.54, 1.807) is 10.9 Å². The summed E-state index contributed by atoms with van der Waals surface area (Å²) in [5, 5.41) is 4.14. The van der Waals surface area contributed by atoms with Crippen molar-refractivity contribution in [2.45, 2.75) is 25.8 Å². The number of carbonyl (C=O) groups is 2. The fourth-order valence-electron chi connectivity index (χ4n) is 3.91. The molecule has 148 valence electrons. The second kappa shape index (κ2) is 8.86. The van der Waals surface area contributed by atoms with Crippen molar-refractivity contribution in [3.8, 4) is 11.1 Å². The van der Waals surface area contributed by atoms with Crippen molar-refractivity contribution in [2.75, 3.05) is 13.1 Å². The van der Waals surface area contributed by atoms with Crippen LogP contribution >= 0.6 is 0 Å². The van der Waals surface area contributed by atoms with Crippen molar-refractivity contribution >= 4 is 11.7 Å². The summed E-state index contributed by atoms with van der Waals surface area (Å²) in [5.74, 6) is 0.103. The molecule has 0 N–H and O–H groups in total. The number of likely N-dealkylation sites (tertiary alicyclic amines) is 1. The van der Waals surface area contributed by atoms with Gasteiger partial charge in [-0.2, -0.15) is 5.10 Å². The standard InChI is InChI=1S/C24H25N3O2/c28-23(13-17-27-16-5-14-25-27)26-15-4-8-22(18-26)24(29)21-11-9-20(10-12-21)19-6-2-1-3-7-19/h1-3,5-7,9-12,14,16,22H,4,8,13,15,17-18H2/t22-/m0/s1. The molecule has 2 heterocycles. The van der Waals surface area contributed by atoms with Crippen molar-refractivity contribution in [1.82, 2.24) is 14.7 Å². The summed E-state index contributed by atoms with van der Waals surface area (Å²) < 4.78 is 1.76. The summed E-state index contributed by atoms with van der Waals surface area (Å²) in [7, 11) is 0. The first-order chi connectivity index (χ1) is 14.2. The third-order valence-electron chi connectivity index (χ3n) is 5.54. The van der Waals surface area contributed by atoms with Crippen molar-refractivity contribution < 1.29 is 9.59 Å². The summed E-state index contributed by atoms with van der Waals surface area (Å²) in [6.45, 7) is 1.81. The van der Waals surface area contributed by atoms with Gasteiger partial charge in [0, 0.05) is 49.9 Å². The molecule has 29 heavy (non-hydrogen) atoms. The van der Waals surface area contributed by atoms with Gasteiger partial charge in [-0.15, -0.1) is 0 Å². The molecule has 0 aliphatic carbocycles. The minimum atomic E-state index is -0.125. The molecule has 1 aliphatic heterocycles. The number of carbonyl (C=O) groups excluding carboxylic acids is 2. The smallest absolute Gasteiger partial charge is 0.224 e. The molecule has 1 amide bonds.